The number of pyridine rings is 2. The molecule has 6 rings (SSSR count). The Morgan fingerprint density at radius 3 is 2.65 bits per heavy atom. The van der Waals surface area contributed by atoms with Crippen molar-refractivity contribution in [3.05, 3.63) is 112 Å². The zero-order valence-electron chi connectivity index (χ0n) is 20.2. The Balaban J connectivity index is 1.32. The van der Waals surface area contributed by atoms with Crippen LogP contribution in [0.4, 0.5) is 5.69 Å². The van der Waals surface area contributed by atoms with E-state index in [2.05, 4.69) is 20.6 Å². The lowest BCUT2D eigenvalue weighted by molar-refractivity contribution is 0.102. The van der Waals surface area contributed by atoms with E-state index in [4.69, 9.17) is 4.52 Å². The van der Waals surface area contributed by atoms with Crippen LogP contribution in [0.25, 0.3) is 28.0 Å². The largest absolute Gasteiger partial charge is 0.350 e. The number of nitrogens with one attached hydrogen (secondary N) is 1. The molecule has 1 N–H and O–H groups in total. The SMILES string of the molecule is Cc1ccc(-c2cc(C(=O)Nc3cccc(Cn4nc5ccccn5c4=O)c3)c3c(C)noc3n2)cc1. The van der Waals surface area contributed by atoms with Gasteiger partial charge in [0.1, 0.15) is 0 Å². The summed E-state index contributed by atoms with van der Waals surface area (Å²) in [6, 6.07) is 22.4. The summed E-state index contributed by atoms with van der Waals surface area (Å²) in [5, 5.41) is 11.9. The number of hydrogen-bond acceptors (Lipinski definition) is 6. The number of carbonyl (C=O) groups excluding carboxylic acids is 1. The molecule has 0 radical (unpaired) electrons. The molecule has 0 fully saturated rings. The van der Waals surface area contributed by atoms with Crippen LogP contribution in [0.2, 0.25) is 0 Å². The molecule has 0 aliphatic heterocycles. The van der Waals surface area contributed by atoms with Crippen molar-refractivity contribution < 1.29 is 9.32 Å². The van der Waals surface area contributed by atoms with E-state index >= 15 is 0 Å². The standard InChI is InChI=1S/C28H22N6O3/c1-17-9-11-20(12-10-17)23-15-22(25-18(2)32-37-27(25)30-23)26(35)29-21-7-5-6-19(14-21)16-34-28(36)33-13-4-3-8-24(33)31-34/h3-15H,16H2,1-2H3,(H,29,35). The number of fused-ring (bicyclic) bond motifs is 2. The van der Waals surface area contributed by atoms with Crippen LogP contribution in [0.1, 0.15) is 27.2 Å². The van der Waals surface area contributed by atoms with Gasteiger partial charge in [-0.1, -0.05) is 53.2 Å². The van der Waals surface area contributed by atoms with Crippen LogP contribution in [-0.2, 0) is 6.54 Å². The maximum Gasteiger partial charge on any atom is 0.350 e. The van der Waals surface area contributed by atoms with Gasteiger partial charge in [0, 0.05) is 17.4 Å². The van der Waals surface area contributed by atoms with Crippen LogP contribution in [0.3, 0.4) is 0 Å². The predicted octanol–water partition coefficient (Wildman–Crippen LogP) is 4.62. The second kappa shape index (κ2) is 8.87. The summed E-state index contributed by atoms with van der Waals surface area (Å²) in [6.07, 6.45) is 1.69. The smallest absolute Gasteiger partial charge is 0.335 e. The monoisotopic (exact) mass is 490 g/mol. The van der Waals surface area contributed by atoms with Crippen molar-refractivity contribution in [1.82, 2.24) is 24.3 Å². The minimum Gasteiger partial charge on any atom is -0.335 e. The Morgan fingerprint density at radius 2 is 1.84 bits per heavy atom. The quantitative estimate of drug-likeness (QED) is 0.378. The number of anilines is 1. The molecule has 0 spiro atoms. The van der Waals surface area contributed by atoms with E-state index in [0.717, 1.165) is 16.7 Å². The van der Waals surface area contributed by atoms with Crippen LogP contribution < -0.4 is 11.0 Å². The lowest BCUT2D eigenvalue weighted by atomic mass is 10.0. The van der Waals surface area contributed by atoms with Crippen molar-refractivity contribution in [2.45, 2.75) is 20.4 Å². The van der Waals surface area contributed by atoms with E-state index < -0.39 is 0 Å². The zero-order valence-corrected chi connectivity index (χ0v) is 20.2. The minimum atomic E-state index is -0.311. The van der Waals surface area contributed by atoms with E-state index in [-0.39, 0.29) is 18.1 Å². The van der Waals surface area contributed by atoms with Gasteiger partial charge in [-0.15, -0.1) is 5.10 Å². The number of nitrogens with zero attached hydrogens (tertiary/aromatic N) is 5. The fraction of sp³-hybridized carbons (Fsp3) is 0.107. The van der Waals surface area contributed by atoms with E-state index in [1.54, 1.807) is 37.4 Å². The van der Waals surface area contributed by atoms with Crippen molar-refractivity contribution in [2.24, 2.45) is 0 Å². The fourth-order valence-corrected chi connectivity index (χ4v) is 4.34. The zero-order chi connectivity index (χ0) is 25.5. The van der Waals surface area contributed by atoms with Crippen molar-refractivity contribution in [3.8, 4) is 11.3 Å². The summed E-state index contributed by atoms with van der Waals surface area (Å²) in [5.41, 5.74) is 5.70. The molecule has 0 unspecified atom stereocenters. The summed E-state index contributed by atoms with van der Waals surface area (Å²) in [5.74, 6) is -0.311. The van der Waals surface area contributed by atoms with Gasteiger partial charge in [-0.25, -0.2) is 14.5 Å². The first-order valence-corrected chi connectivity index (χ1v) is 11.7. The summed E-state index contributed by atoms with van der Waals surface area (Å²) in [4.78, 5) is 30.7. The van der Waals surface area contributed by atoms with Crippen LogP contribution >= 0.6 is 0 Å². The molecule has 182 valence electrons. The number of benzene rings is 2. The number of aryl methyl sites for hydroxylation is 2. The van der Waals surface area contributed by atoms with Crippen molar-refractivity contribution >= 4 is 28.3 Å². The van der Waals surface area contributed by atoms with Crippen LogP contribution in [0, 0.1) is 13.8 Å². The van der Waals surface area contributed by atoms with E-state index in [0.29, 0.717) is 39.4 Å². The van der Waals surface area contributed by atoms with E-state index in [1.807, 2.05) is 55.5 Å². The first kappa shape index (κ1) is 22.4. The van der Waals surface area contributed by atoms with E-state index in [9.17, 15) is 9.59 Å². The second-order valence-electron chi connectivity index (χ2n) is 8.89. The summed E-state index contributed by atoms with van der Waals surface area (Å²) in [6.45, 7) is 4.06. The molecule has 37 heavy (non-hydrogen) atoms. The predicted molar refractivity (Wildman–Crippen MR) is 140 cm³/mol. The number of carbonyl (C=O) groups is 1. The number of rotatable bonds is 5. The van der Waals surface area contributed by atoms with Gasteiger partial charge in [-0.05, 0) is 49.7 Å². The molecule has 9 heteroatoms. The van der Waals surface area contributed by atoms with Gasteiger partial charge >= 0.3 is 5.69 Å². The number of amides is 1. The van der Waals surface area contributed by atoms with Gasteiger partial charge in [0.2, 0.25) is 0 Å². The molecule has 0 aliphatic carbocycles. The molecule has 0 saturated heterocycles. The summed E-state index contributed by atoms with van der Waals surface area (Å²) >= 11 is 0. The first-order chi connectivity index (χ1) is 18.0. The second-order valence-corrected chi connectivity index (χ2v) is 8.89. The topological polar surface area (TPSA) is 107 Å². The van der Waals surface area contributed by atoms with Crippen LogP contribution in [0.5, 0.6) is 0 Å². The highest BCUT2D eigenvalue weighted by Crippen LogP contribution is 2.28. The summed E-state index contributed by atoms with van der Waals surface area (Å²) in [7, 11) is 0. The van der Waals surface area contributed by atoms with Gasteiger partial charge < -0.3 is 9.84 Å². The average Bonchev–Trinajstić information content (AvgIpc) is 3.43. The maximum atomic E-state index is 13.5. The normalized spacial score (nSPS) is 11.3. The molecule has 9 nitrogen and oxygen atoms in total. The number of aromatic nitrogens is 5. The third-order valence-electron chi connectivity index (χ3n) is 6.21. The fourth-order valence-electron chi connectivity index (χ4n) is 4.34. The van der Waals surface area contributed by atoms with Gasteiger partial charge in [0.25, 0.3) is 11.6 Å². The van der Waals surface area contributed by atoms with Crippen LogP contribution in [-0.4, -0.2) is 30.2 Å². The van der Waals surface area contributed by atoms with Gasteiger partial charge in [0.05, 0.1) is 28.9 Å². The lowest BCUT2D eigenvalue weighted by Crippen LogP contribution is -2.21. The highest BCUT2D eigenvalue weighted by Gasteiger charge is 2.20. The molecule has 4 heterocycles. The van der Waals surface area contributed by atoms with Gasteiger partial charge in [0.15, 0.2) is 5.65 Å². The Morgan fingerprint density at radius 1 is 1.00 bits per heavy atom. The molecule has 1 amide bonds. The van der Waals surface area contributed by atoms with Crippen molar-refractivity contribution in [3.63, 3.8) is 0 Å². The maximum absolute atomic E-state index is 13.5. The molecule has 0 bridgehead atoms. The van der Waals surface area contributed by atoms with Crippen LogP contribution in [0.15, 0.2) is 88.3 Å². The first-order valence-electron chi connectivity index (χ1n) is 11.7. The molecule has 0 aliphatic rings. The number of hydrogen-bond donors (Lipinski definition) is 1. The summed E-state index contributed by atoms with van der Waals surface area (Å²) < 4.78 is 8.31. The average molecular weight is 491 g/mol. The molecular weight excluding hydrogens is 468 g/mol. The molecule has 2 aromatic carbocycles. The minimum absolute atomic E-state index is 0.226. The van der Waals surface area contributed by atoms with E-state index in [1.165, 1.54) is 9.08 Å². The molecule has 0 atom stereocenters. The highest BCUT2D eigenvalue weighted by molar-refractivity contribution is 6.13. The highest BCUT2D eigenvalue weighted by atomic mass is 16.5. The molecule has 4 aromatic heterocycles. The Hall–Kier alpha value is -5.05. The molecule has 0 saturated carbocycles. The Labute approximate surface area is 211 Å². The third kappa shape index (κ3) is 4.16. The lowest BCUT2D eigenvalue weighted by Gasteiger charge is -2.10. The van der Waals surface area contributed by atoms with Gasteiger partial charge in [-0.2, -0.15) is 0 Å². The van der Waals surface area contributed by atoms with Gasteiger partial charge in [-0.3, -0.25) is 9.20 Å². The van der Waals surface area contributed by atoms with Crippen molar-refractivity contribution in [1.29, 1.82) is 0 Å². The Kier molecular flexibility index (Phi) is 5.37. The molecular formula is C28H22N6O3. The Bertz CT molecular complexity index is 1850. The molecule has 6 aromatic rings. The van der Waals surface area contributed by atoms with Crippen molar-refractivity contribution in [2.75, 3.05) is 5.32 Å². The third-order valence-corrected chi connectivity index (χ3v) is 6.21.